The molecule has 0 bridgehead atoms. The zero-order valence-corrected chi connectivity index (χ0v) is 8.79. The zero-order chi connectivity index (χ0) is 10.9. The molecule has 0 aliphatic rings. The molecule has 0 N–H and O–H groups in total. The molecule has 0 spiro atoms. The second-order valence-electron chi connectivity index (χ2n) is 2.31. The van der Waals surface area contributed by atoms with Gasteiger partial charge in [-0.05, 0) is 12.1 Å². The third kappa shape index (κ3) is 2.15. The van der Waals surface area contributed by atoms with Gasteiger partial charge in [-0.1, -0.05) is 11.6 Å². The summed E-state index contributed by atoms with van der Waals surface area (Å²) < 4.78 is 34.6. The molecule has 1 aromatic rings. The Kier molecular flexibility index (Phi) is 3.00. The summed E-state index contributed by atoms with van der Waals surface area (Å²) in [5, 5.41) is 8.15. The minimum atomic E-state index is -4.03. The van der Waals surface area contributed by atoms with Crippen LogP contribution in [-0.4, -0.2) is 8.42 Å². The molecule has 0 aliphatic carbocycles. The van der Waals surface area contributed by atoms with Gasteiger partial charge in [-0.3, -0.25) is 0 Å². The smallest absolute Gasteiger partial charge is 0.207 e. The van der Waals surface area contributed by atoms with Gasteiger partial charge in [0.15, 0.2) is 0 Å². The topological polar surface area (TPSA) is 57.9 Å². The summed E-state index contributed by atoms with van der Waals surface area (Å²) in [4.78, 5) is -0.472. The van der Waals surface area contributed by atoms with Crippen molar-refractivity contribution in [3.63, 3.8) is 0 Å². The number of benzene rings is 1. The van der Waals surface area contributed by atoms with Crippen molar-refractivity contribution < 1.29 is 12.8 Å². The van der Waals surface area contributed by atoms with Crippen LogP contribution in [0.2, 0.25) is 5.02 Å². The minimum absolute atomic E-state index is 0.285. The summed E-state index contributed by atoms with van der Waals surface area (Å²) in [5.41, 5.74) is -0.407. The Bertz CT molecular complexity index is 498. The van der Waals surface area contributed by atoms with E-state index >= 15 is 0 Å². The lowest BCUT2D eigenvalue weighted by Gasteiger charge is -2.00. The standard InChI is InChI=1S/C7H2Cl2FNO2S/c8-6-1-4(14(9,12)13)2-7(10)5(6)3-11/h1-2H. The SMILES string of the molecule is N#Cc1c(F)cc(S(=O)(=O)Cl)cc1Cl. The van der Waals surface area contributed by atoms with Crippen molar-refractivity contribution in [3.05, 3.63) is 28.5 Å². The summed E-state index contributed by atoms with van der Waals surface area (Å²) >= 11 is 5.46. The molecular weight excluding hydrogens is 252 g/mol. The van der Waals surface area contributed by atoms with E-state index in [0.29, 0.717) is 6.07 Å². The maximum absolute atomic E-state index is 13.0. The normalized spacial score (nSPS) is 11.0. The van der Waals surface area contributed by atoms with Crippen LogP contribution in [0.15, 0.2) is 17.0 Å². The van der Waals surface area contributed by atoms with Crippen molar-refractivity contribution in [2.24, 2.45) is 0 Å². The molecule has 1 aromatic carbocycles. The Labute approximate surface area is 89.1 Å². The second-order valence-corrected chi connectivity index (χ2v) is 5.28. The monoisotopic (exact) mass is 253 g/mol. The van der Waals surface area contributed by atoms with Gasteiger partial charge in [-0.25, -0.2) is 12.8 Å². The van der Waals surface area contributed by atoms with E-state index in [9.17, 15) is 12.8 Å². The fraction of sp³-hybridized carbons (Fsp3) is 0. The maximum Gasteiger partial charge on any atom is 0.261 e. The predicted molar refractivity (Wildman–Crippen MR) is 49.2 cm³/mol. The zero-order valence-electron chi connectivity index (χ0n) is 6.46. The Morgan fingerprint density at radius 2 is 2.00 bits per heavy atom. The molecule has 1 rings (SSSR count). The highest BCUT2D eigenvalue weighted by Gasteiger charge is 2.16. The molecule has 0 fully saturated rings. The first kappa shape index (κ1) is 11.2. The van der Waals surface area contributed by atoms with Gasteiger partial charge in [0.05, 0.1) is 9.92 Å². The molecule has 0 heterocycles. The first-order chi connectivity index (χ1) is 6.36. The second kappa shape index (κ2) is 3.73. The van der Waals surface area contributed by atoms with E-state index in [-0.39, 0.29) is 5.02 Å². The molecule has 74 valence electrons. The maximum atomic E-state index is 13.0. The molecule has 0 unspecified atom stereocenters. The van der Waals surface area contributed by atoms with Gasteiger partial charge in [-0.15, -0.1) is 0 Å². The highest BCUT2D eigenvalue weighted by atomic mass is 35.7. The van der Waals surface area contributed by atoms with E-state index < -0.39 is 25.3 Å². The number of halogens is 3. The summed E-state index contributed by atoms with van der Waals surface area (Å²) in [6.45, 7) is 0. The molecule has 0 amide bonds. The predicted octanol–water partition coefficient (Wildman–Crippen LogP) is 2.28. The van der Waals surface area contributed by atoms with Crippen molar-refractivity contribution >= 4 is 31.3 Å². The number of hydrogen-bond donors (Lipinski definition) is 0. The van der Waals surface area contributed by atoms with E-state index in [0.717, 1.165) is 6.07 Å². The average Bonchev–Trinajstić information content (AvgIpc) is 2.01. The first-order valence-electron chi connectivity index (χ1n) is 3.20. The molecule has 0 saturated carbocycles. The Morgan fingerprint density at radius 1 is 1.43 bits per heavy atom. The number of nitrogens with zero attached hydrogens (tertiary/aromatic N) is 1. The lowest BCUT2D eigenvalue weighted by Crippen LogP contribution is -1.94. The van der Waals surface area contributed by atoms with Crippen molar-refractivity contribution in [1.82, 2.24) is 0 Å². The lowest BCUT2D eigenvalue weighted by atomic mass is 10.2. The third-order valence-corrected chi connectivity index (χ3v) is 3.04. The van der Waals surface area contributed by atoms with Crippen LogP contribution in [0.5, 0.6) is 0 Å². The van der Waals surface area contributed by atoms with Crippen LogP contribution in [0.4, 0.5) is 4.39 Å². The molecule has 14 heavy (non-hydrogen) atoms. The Morgan fingerprint density at radius 3 is 2.36 bits per heavy atom. The van der Waals surface area contributed by atoms with Gasteiger partial charge in [0.1, 0.15) is 17.4 Å². The van der Waals surface area contributed by atoms with Gasteiger partial charge >= 0.3 is 0 Å². The number of hydrogen-bond acceptors (Lipinski definition) is 3. The van der Waals surface area contributed by atoms with Crippen LogP contribution < -0.4 is 0 Å². The average molecular weight is 254 g/mol. The van der Waals surface area contributed by atoms with Crippen molar-refractivity contribution in [3.8, 4) is 6.07 Å². The third-order valence-electron chi connectivity index (χ3n) is 1.41. The molecule has 0 atom stereocenters. The minimum Gasteiger partial charge on any atom is -0.207 e. The van der Waals surface area contributed by atoms with Crippen LogP contribution in [-0.2, 0) is 9.05 Å². The quantitative estimate of drug-likeness (QED) is 0.722. The van der Waals surface area contributed by atoms with Crippen LogP contribution in [0.25, 0.3) is 0 Å². The largest absolute Gasteiger partial charge is 0.261 e. The van der Waals surface area contributed by atoms with Crippen LogP contribution in [0, 0.1) is 17.1 Å². The van der Waals surface area contributed by atoms with Gasteiger partial charge in [0, 0.05) is 10.7 Å². The molecule has 0 saturated heterocycles. The van der Waals surface area contributed by atoms with Crippen molar-refractivity contribution in [1.29, 1.82) is 5.26 Å². The van der Waals surface area contributed by atoms with Crippen LogP contribution in [0.3, 0.4) is 0 Å². The van der Waals surface area contributed by atoms with Crippen LogP contribution in [0.1, 0.15) is 5.56 Å². The van der Waals surface area contributed by atoms with E-state index in [4.69, 9.17) is 27.5 Å². The fourth-order valence-electron chi connectivity index (χ4n) is 0.797. The summed E-state index contributed by atoms with van der Waals surface area (Å²) in [5.74, 6) is -1.01. The highest BCUT2D eigenvalue weighted by Crippen LogP contribution is 2.25. The van der Waals surface area contributed by atoms with Gasteiger partial charge < -0.3 is 0 Å². The first-order valence-corrected chi connectivity index (χ1v) is 5.89. The number of rotatable bonds is 1. The summed E-state index contributed by atoms with van der Waals surface area (Å²) in [6, 6.07) is 3.07. The van der Waals surface area contributed by atoms with E-state index in [1.165, 1.54) is 6.07 Å². The Balaban J connectivity index is 3.53. The molecule has 0 radical (unpaired) electrons. The van der Waals surface area contributed by atoms with Crippen molar-refractivity contribution in [2.75, 3.05) is 0 Å². The highest BCUT2D eigenvalue weighted by molar-refractivity contribution is 8.13. The van der Waals surface area contributed by atoms with E-state index in [1.807, 2.05) is 0 Å². The summed E-state index contributed by atoms with van der Waals surface area (Å²) in [6.07, 6.45) is 0. The van der Waals surface area contributed by atoms with E-state index in [2.05, 4.69) is 0 Å². The van der Waals surface area contributed by atoms with Crippen LogP contribution >= 0.6 is 22.3 Å². The van der Waals surface area contributed by atoms with Gasteiger partial charge in [-0.2, -0.15) is 5.26 Å². The molecule has 3 nitrogen and oxygen atoms in total. The molecular formula is C7H2Cl2FNO2S. The molecule has 0 aromatic heterocycles. The Hall–Kier alpha value is -0.830. The van der Waals surface area contributed by atoms with Gasteiger partial charge in [0.25, 0.3) is 9.05 Å². The number of nitriles is 1. The molecule has 7 heteroatoms. The fourth-order valence-corrected chi connectivity index (χ4v) is 1.88. The van der Waals surface area contributed by atoms with Gasteiger partial charge in [0.2, 0.25) is 0 Å². The molecule has 0 aliphatic heterocycles. The summed E-state index contributed by atoms with van der Waals surface area (Å²) in [7, 11) is 0.928. The van der Waals surface area contributed by atoms with Crippen molar-refractivity contribution in [2.45, 2.75) is 4.90 Å². The lowest BCUT2D eigenvalue weighted by molar-refractivity contribution is 0.601. The van der Waals surface area contributed by atoms with E-state index in [1.54, 1.807) is 0 Å².